The zero-order valence-electron chi connectivity index (χ0n) is 15.3. The molecule has 1 aliphatic rings. The van der Waals surface area contributed by atoms with Crippen molar-refractivity contribution < 1.29 is 18.0 Å². The van der Waals surface area contributed by atoms with Gasteiger partial charge in [-0.05, 0) is 37.1 Å². The van der Waals surface area contributed by atoms with E-state index in [-0.39, 0.29) is 23.3 Å². The van der Waals surface area contributed by atoms with Crippen molar-refractivity contribution in [2.24, 2.45) is 0 Å². The number of amides is 1. The van der Waals surface area contributed by atoms with Crippen LogP contribution in [-0.4, -0.2) is 44.1 Å². The van der Waals surface area contributed by atoms with Gasteiger partial charge < -0.3 is 4.90 Å². The summed E-state index contributed by atoms with van der Waals surface area (Å²) in [6.45, 7) is 1.67. The third-order valence-corrected chi connectivity index (χ3v) is 5.05. The number of likely N-dealkylation sites (N-methyl/N-ethyl adjacent to an activating group) is 1. The largest absolute Gasteiger partial charge is 0.416 e. The summed E-state index contributed by atoms with van der Waals surface area (Å²) in [5, 5.41) is 11.8. The number of aromatic nitrogens is 4. The van der Waals surface area contributed by atoms with Crippen LogP contribution >= 0.6 is 0 Å². The van der Waals surface area contributed by atoms with Crippen molar-refractivity contribution >= 4 is 5.91 Å². The van der Waals surface area contributed by atoms with E-state index < -0.39 is 17.8 Å². The molecule has 9 heteroatoms. The summed E-state index contributed by atoms with van der Waals surface area (Å²) < 4.78 is 38.6. The van der Waals surface area contributed by atoms with Crippen molar-refractivity contribution in [3.8, 4) is 11.4 Å². The Hall–Kier alpha value is -2.45. The summed E-state index contributed by atoms with van der Waals surface area (Å²) in [5.41, 5.74) is -0.575. The van der Waals surface area contributed by atoms with Crippen molar-refractivity contribution in [3.05, 3.63) is 29.8 Å². The Morgan fingerprint density at radius 1 is 1.26 bits per heavy atom. The lowest BCUT2D eigenvalue weighted by Crippen LogP contribution is -2.42. The lowest BCUT2D eigenvalue weighted by Gasteiger charge is -2.32. The number of nitrogens with zero attached hydrogens (tertiary/aromatic N) is 5. The maximum Gasteiger partial charge on any atom is 0.416 e. The number of benzene rings is 1. The van der Waals surface area contributed by atoms with Crippen LogP contribution in [0.15, 0.2) is 24.3 Å². The van der Waals surface area contributed by atoms with Crippen molar-refractivity contribution in [1.29, 1.82) is 0 Å². The predicted molar refractivity (Wildman–Crippen MR) is 92.6 cm³/mol. The highest BCUT2D eigenvalue weighted by Gasteiger charge is 2.31. The molecule has 0 spiro atoms. The molecule has 1 amide bonds. The molecule has 146 valence electrons. The van der Waals surface area contributed by atoms with Crippen molar-refractivity contribution in [2.75, 3.05) is 7.05 Å². The van der Waals surface area contributed by atoms with Gasteiger partial charge in [0.15, 0.2) is 0 Å². The second-order valence-corrected chi connectivity index (χ2v) is 6.93. The molecule has 1 fully saturated rings. The molecule has 0 bridgehead atoms. The highest BCUT2D eigenvalue weighted by atomic mass is 19.4. The predicted octanol–water partition coefficient (Wildman–Crippen LogP) is 3.71. The normalized spacial score (nSPS) is 16.9. The molecule has 1 aromatic carbocycles. The summed E-state index contributed by atoms with van der Waals surface area (Å²) in [6.07, 6.45) is 0.928. The van der Waals surface area contributed by atoms with Crippen LogP contribution in [0, 0.1) is 0 Å². The first-order valence-electron chi connectivity index (χ1n) is 9.01. The van der Waals surface area contributed by atoms with E-state index in [9.17, 15) is 18.0 Å². The number of rotatable bonds is 4. The van der Waals surface area contributed by atoms with Gasteiger partial charge in [-0.1, -0.05) is 31.4 Å². The van der Waals surface area contributed by atoms with Crippen LogP contribution in [0.1, 0.15) is 50.6 Å². The Morgan fingerprint density at radius 2 is 1.96 bits per heavy atom. The van der Waals surface area contributed by atoms with Crippen LogP contribution in [0.4, 0.5) is 13.2 Å². The molecular weight excluding hydrogens is 359 g/mol. The fourth-order valence-corrected chi connectivity index (χ4v) is 3.38. The topological polar surface area (TPSA) is 63.9 Å². The maximum absolute atomic E-state index is 12.9. The Bertz CT molecular complexity index is 798. The summed E-state index contributed by atoms with van der Waals surface area (Å²) in [5.74, 6) is -0.0732. The van der Waals surface area contributed by atoms with Gasteiger partial charge >= 0.3 is 6.18 Å². The molecule has 2 aromatic rings. The lowest BCUT2D eigenvalue weighted by atomic mass is 9.94. The molecule has 0 saturated heterocycles. The molecule has 1 aliphatic carbocycles. The van der Waals surface area contributed by atoms with E-state index in [0.717, 1.165) is 42.6 Å². The van der Waals surface area contributed by atoms with E-state index >= 15 is 0 Å². The number of hydrogen-bond donors (Lipinski definition) is 0. The molecule has 0 N–H and O–H groups in total. The van der Waals surface area contributed by atoms with E-state index in [1.54, 1.807) is 18.9 Å². The van der Waals surface area contributed by atoms with E-state index in [1.807, 2.05) is 0 Å². The third kappa shape index (κ3) is 4.28. The van der Waals surface area contributed by atoms with E-state index in [1.165, 1.54) is 18.6 Å². The lowest BCUT2D eigenvalue weighted by molar-refractivity contribution is -0.137. The Balaban J connectivity index is 1.76. The molecule has 1 saturated carbocycles. The standard InChI is InChI=1S/C18H22F3N5O/c1-12(17(27)25(2)15-9-4-3-5-10-15)26-23-16(22-24-26)13-7-6-8-14(11-13)18(19,20)21/h6-8,11-12,15H,3-5,9-10H2,1-2H3. The SMILES string of the molecule is CC(C(=O)N(C)C1CCCCC1)n1nnc(-c2cccc(C(F)(F)F)c2)n1. The fraction of sp³-hybridized carbons (Fsp3) is 0.556. The maximum atomic E-state index is 12.9. The molecule has 1 aromatic heterocycles. The first-order valence-corrected chi connectivity index (χ1v) is 9.01. The summed E-state index contributed by atoms with van der Waals surface area (Å²) in [4.78, 5) is 15.6. The summed E-state index contributed by atoms with van der Waals surface area (Å²) in [6, 6.07) is 4.27. The third-order valence-electron chi connectivity index (χ3n) is 5.05. The number of carbonyl (C=O) groups is 1. The average Bonchev–Trinajstić information content (AvgIpc) is 3.16. The number of hydrogen-bond acceptors (Lipinski definition) is 4. The molecule has 3 rings (SSSR count). The number of carbonyl (C=O) groups excluding carboxylic acids is 1. The Kier molecular flexibility index (Phi) is 5.48. The van der Waals surface area contributed by atoms with Crippen LogP contribution in [0.2, 0.25) is 0 Å². The van der Waals surface area contributed by atoms with Crippen molar-refractivity contribution in [3.63, 3.8) is 0 Å². The summed E-state index contributed by atoms with van der Waals surface area (Å²) >= 11 is 0. The molecule has 0 radical (unpaired) electrons. The second kappa shape index (κ2) is 7.66. The number of alkyl halides is 3. The van der Waals surface area contributed by atoms with Gasteiger partial charge in [0.1, 0.15) is 6.04 Å². The zero-order valence-corrected chi connectivity index (χ0v) is 15.3. The second-order valence-electron chi connectivity index (χ2n) is 6.93. The van der Waals surface area contributed by atoms with Gasteiger partial charge in [-0.3, -0.25) is 4.79 Å². The van der Waals surface area contributed by atoms with Crippen LogP contribution in [0.5, 0.6) is 0 Å². The van der Waals surface area contributed by atoms with E-state index in [2.05, 4.69) is 15.4 Å². The Labute approximate surface area is 155 Å². The van der Waals surface area contributed by atoms with Crippen LogP contribution in [-0.2, 0) is 11.0 Å². The van der Waals surface area contributed by atoms with Gasteiger partial charge in [-0.25, -0.2) is 0 Å². The summed E-state index contributed by atoms with van der Waals surface area (Å²) in [7, 11) is 1.78. The molecule has 27 heavy (non-hydrogen) atoms. The van der Waals surface area contributed by atoms with Gasteiger partial charge in [0.25, 0.3) is 0 Å². The highest BCUT2D eigenvalue weighted by Crippen LogP contribution is 2.31. The smallest absolute Gasteiger partial charge is 0.341 e. The minimum atomic E-state index is -4.45. The molecule has 1 heterocycles. The van der Waals surface area contributed by atoms with E-state index in [4.69, 9.17) is 0 Å². The zero-order chi connectivity index (χ0) is 19.6. The first-order chi connectivity index (χ1) is 12.8. The number of tetrazole rings is 1. The minimum absolute atomic E-state index is 0.0565. The molecule has 1 unspecified atom stereocenters. The molecule has 6 nitrogen and oxygen atoms in total. The van der Waals surface area contributed by atoms with Gasteiger partial charge in [0.2, 0.25) is 11.7 Å². The molecule has 1 atom stereocenters. The minimum Gasteiger partial charge on any atom is -0.341 e. The van der Waals surface area contributed by atoms with Gasteiger partial charge in [-0.2, -0.15) is 18.0 Å². The first kappa shape index (κ1) is 19.3. The van der Waals surface area contributed by atoms with E-state index in [0.29, 0.717) is 0 Å². The fourth-order valence-electron chi connectivity index (χ4n) is 3.38. The monoisotopic (exact) mass is 381 g/mol. The van der Waals surface area contributed by atoms with Crippen LogP contribution in [0.3, 0.4) is 0 Å². The van der Waals surface area contributed by atoms with Crippen LogP contribution < -0.4 is 0 Å². The van der Waals surface area contributed by atoms with Crippen LogP contribution in [0.25, 0.3) is 11.4 Å². The quantitative estimate of drug-likeness (QED) is 0.810. The van der Waals surface area contributed by atoms with Gasteiger partial charge in [-0.15, -0.1) is 10.2 Å². The van der Waals surface area contributed by atoms with Crippen molar-refractivity contribution in [1.82, 2.24) is 25.1 Å². The van der Waals surface area contributed by atoms with Crippen molar-refractivity contribution in [2.45, 2.75) is 57.3 Å². The van der Waals surface area contributed by atoms with Gasteiger partial charge in [0, 0.05) is 18.7 Å². The molecule has 0 aliphatic heterocycles. The van der Waals surface area contributed by atoms with Gasteiger partial charge in [0.05, 0.1) is 5.56 Å². The average molecular weight is 381 g/mol. The molecular formula is C18H22F3N5O. The number of halogens is 3. The highest BCUT2D eigenvalue weighted by molar-refractivity contribution is 5.80. The Morgan fingerprint density at radius 3 is 2.63 bits per heavy atom.